The number of aliphatic hydroxyl groups excluding tert-OH is 1. The van der Waals surface area contributed by atoms with Crippen molar-refractivity contribution < 1.29 is 14.6 Å². The van der Waals surface area contributed by atoms with E-state index in [-0.39, 0.29) is 30.1 Å². The Kier molecular flexibility index (Phi) is 4.33. The molecular weight excluding hydrogens is 220 g/mol. The summed E-state index contributed by atoms with van der Waals surface area (Å²) in [5.41, 5.74) is 0.348. The topological polar surface area (TPSA) is 71.5 Å². The highest BCUT2D eigenvalue weighted by atomic mass is 35.5. The zero-order valence-corrected chi connectivity index (χ0v) is 8.91. The van der Waals surface area contributed by atoms with Crippen molar-refractivity contribution in [2.24, 2.45) is 0 Å². The van der Waals surface area contributed by atoms with E-state index in [1.807, 2.05) is 0 Å². The molecule has 0 fully saturated rings. The number of halogens is 1. The van der Waals surface area contributed by atoms with E-state index in [0.29, 0.717) is 5.56 Å². The lowest BCUT2D eigenvalue weighted by Crippen LogP contribution is -2.26. The van der Waals surface area contributed by atoms with Crippen molar-refractivity contribution in [3.05, 3.63) is 22.8 Å². The van der Waals surface area contributed by atoms with E-state index < -0.39 is 0 Å². The Hall–Kier alpha value is -1.33. The Bertz CT molecular complexity index is 357. The molecule has 0 aliphatic carbocycles. The van der Waals surface area contributed by atoms with Crippen LogP contribution in [-0.4, -0.2) is 36.3 Å². The summed E-state index contributed by atoms with van der Waals surface area (Å²) in [6.07, 6.45) is 0. The van der Waals surface area contributed by atoms with Gasteiger partial charge in [-0.05, 0) is 6.07 Å². The quantitative estimate of drug-likeness (QED) is 0.738. The number of nitrogens with one attached hydrogen (secondary N) is 1. The van der Waals surface area contributed by atoms with Gasteiger partial charge < -0.3 is 15.2 Å². The average molecular weight is 231 g/mol. The first kappa shape index (κ1) is 11.7. The normalized spacial score (nSPS) is 9.80. The van der Waals surface area contributed by atoms with Crippen LogP contribution in [0.25, 0.3) is 0 Å². The van der Waals surface area contributed by atoms with Gasteiger partial charge in [-0.1, -0.05) is 11.6 Å². The van der Waals surface area contributed by atoms with Gasteiger partial charge in [0.05, 0.1) is 13.7 Å². The largest absolute Gasteiger partial charge is 0.481 e. The summed E-state index contributed by atoms with van der Waals surface area (Å²) in [6.45, 7) is 0.0861. The second-order valence-corrected chi connectivity index (χ2v) is 3.09. The number of amides is 1. The molecule has 1 aromatic heterocycles. The van der Waals surface area contributed by atoms with Crippen LogP contribution in [0, 0.1) is 0 Å². The van der Waals surface area contributed by atoms with Crippen LogP contribution in [0.1, 0.15) is 10.4 Å². The summed E-state index contributed by atoms with van der Waals surface area (Å²) in [5, 5.41) is 11.2. The molecule has 0 atom stereocenters. The molecule has 2 N–H and O–H groups in total. The zero-order valence-electron chi connectivity index (χ0n) is 8.16. The number of aliphatic hydroxyl groups is 1. The predicted octanol–water partition coefficient (Wildman–Crippen LogP) is 0.466. The maximum atomic E-state index is 11.5. The van der Waals surface area contributed by atoms with Crippen LogP contribution in [-0.2, 0) is 0 Å². The third-order valence-electron chi connectivity index (χ3n) is 1.64. The van der Waals surface area contributed by atoms with Crippen LogP contribution in [0.4, 0.5) is 0 Å². The molecule has 5 nitrogen and oxygen atoms in total. The molecule has 0 radical (unpaired) electrons. The van der Waals surface area contributed by atoms with Crippen LogP contribution >= 0.6 is 11.6 Å². The van der Waals surface area contributed by atoms with Crippen LogP contribution in [0.3, 0.4) is 0 Å². The first-order chi connectivity index (χ1) is 7.17. The average Bonchev–Trinajstić information content (AvgIpc) is 2.24. The Morgan fingerprint density at radius 2 is 2.40 bits per heavy atom. The minimum absolute atomic E-state index is 0.109. The summed E-state index contributed by atoms with van der Waals surface area (Å²) in [5.74, 6) is -0.0525. The van der Waals surface area contributed by atoms with Gasteiger partial charge in [-0.2, -0.15) is 0 Å². The molecule has 1 rings (SSSR count). The molecule has 0 unspecified atom stereocenters. The number of ether oxygens (including phenoxy) is 1. The van der Waals surface area contributed by atoms with Crippen molar-refractivity contribution in [3.8, 4) is 5.88 Å². The van der Waals surface area contributed by atoms with E-state index in [1.54, 1.807) is 0 Å². The highest BCUT2D eigenvalue weighted by Crippen LogP contribution is 2.15. The Balaban J connectivity index is 2.83. The lowest BCUT2D eigenvalue weighted by molar-refractivity contribution is 0.0944. The SMILES string of the molecule is COc1cc(C(=O)NCCO)cc(Cl)n1. The second kappa shape index (κ2) is 5.53. The van der Waals surface area contributed by atoms with Crippen molar-refractivity contribution in [3.63, 3.8) is 0 Å². The van der Waals surface area contributed by atoms with E-state index in [2.05, 4.69) is 10.3 Å². The van der Waals surface area contributed by atoms with Crippen molar-refractivity contribution in [1.29, 1.82) is 0 Å². The summed E-state index contributed by atoms with van der Waals surface area (Å²) in [4.78, 5) is 15.3. The minimum Gasteiger partial charge on any atom is -0.481 e. The first-order valence-corrected chi connectivity index (χ1v) is 4.66. The Morgan fingerprint density at radius 3 is 3.00 bits per heavy atom. The fourth-order valence-corrected chi connectivity index (χ4v) is 1.18. The summed E-state index contributed by atoms with van der Waals surface area (Å²) >= 11 is 5.69. The monoisotopic (exact) mass is 230 g/mol. The number of hydrogen-bond acceptors (Lipinski definition) is 4. The number of hydrogen-bond donors (Lipinski definition) is 2. The van der Waals surface area contributed by atoms with E-state index in [1.165, 1.54) is 19.2 Å². The molecule has 1 amide bonds. The van der Waals surface area contributed by atoms with Gasteiger partial charge >= 0.3 is 0 Å². The smallest absolute Gasteiger partial charge is 0.251 e. The molecule has 15 heavy (non-hydrogen) atoms. The second-order valence-electron chi connectivity index (χ2n) is 2.70. The lowest BCUT2D eigenvalue weighted by Gasteiger charge is -2.05. The molecule has 0 bridgehead atoms. The molecule has 82 valence electrons. The highest BCUT2D eigenvalue weighted by molar-refractivity contribution is 6.29. The summed E-state index contributed by atoms with van der Waals surface area (Å²) in [6, 6.07) is 2.90. The van der Waals surface area contributed by atoms with Gasteiger partial charge in [-0.3, -0.25) is 4.79 Å². The number of carbonyl (C=O) groups is 1. The first-order valence-electron chi connectivity index (χ1n) is 4.28. The van der Waals surface area contributed by atoms with Crippen molar-refractivity contribution in [2.45, 2.75) is 0 Å². The molecule has 1 heterocycles. The van der Waals surface area contributed by atoms with E-state index in [4.69, 9.17) is 21.4 Å². The summed E-state index contributed by atoms with van der Waals surface area (Å²) in [7, 11) is 1.44. The highest BCUT2D eigenvalue weighted by Gasteiger charge is 2.08. The maximum absolute atomic E-state index is 11.5. The van der Waals surface area contributed by atoms with Crippen LogP contribution in [0.15, 0.2) is 12.1 Å². The molecular formula is C9H11ClN2O3. The number of rotatable bonds is 4. The lowest BCUT2D eigenvalue weighted by atomic mass is 10.2. The predicted molar refractivity (Wildman–Crippen MR) is 55.2 cm³/mol. The van der Waals surface area contributed by atoms with Gasteiger partial charge in [0.2, 0.25) is 5.88 Å². The molecule has 0 saturated heterocycles. The molecule has 0 aromatic carbocycles. The standard InChI is InChI=1S/C9H11ClN2O3/c1-15-8-5-6(4-7(10)12-8)9(14)11-2-3-13/h4-5,13H,2-3H2,1H3,(H,11,14). The number of aromatic nitrogens is 1. The van der Waals surface area contributed by atoms with Gasteiger partial charge in [0.25, 0.3) is 5.91 Å². The van der Waals surface area contributed by atoms with E-state index in [9.17, 15) is 4.79 Å². The molecule has 0 saturated carbocycles. The van der Waals surface area contributed by atoms with Crippen LogP contribution < -0.4 is 10.1 Å². The third kappa shape index (κ3) is 3.38. The Labute approximate surface area is 92.0 Å². The Morgan fingerprint density at radius 1 is 1.67 bits per heavy atom. The van der Waals surface area contributed by atoms with Gasteiger partial charge in [0.1, 0.15) is 5.15 Å². The minimum atomic E-state index is -0.327. The van der Waals surface area contributed by atoms with Crippen molar-refractivity contribution >= 4 is 17.5 Å². The molecule has 6 heteroatoms. The van der Waals surface area contributed by atoms with Gasteiger partial charge in [0.15, 0.2) is 0 Å². The van der Waals surface area contributed by atoms with Crippen molar-refractivity contribution in [2.75, 3.05) is 20.3 Å². The molecule has 1 aromatic rings. The third-order valence-corrected chi connectivity index (χ3v) is 1.83. The molecule has 0 aliphatic rings. The van der Waals surface area contributed by atoms with Crippen LogP contribution in [0.2, 0.25) is 5.15 Å². The summed E-state index contributed by atoms with van der Waals surface area (Å²) < 4.78 is 4.87. The van der Waals surface area contributed by atoms with Crippen LogP contribution in [0.5, 0.6) is 5.88 Å². The van der Waals surface area contributed by atoms with Gasteiger partial charge in [-0.25, -0.2) is 4.98 Å². The number of nitrogens with zero attached hydrogens (tertiary/aromatic N) is 1. The van der Waals surface area contributed by atoms with E-state index >= 15 is 0 Å². The fourth-order valence-electron chi connectivity index (χ4n) is 0.980. The van der Waals surface area contributed by atoms with Gasteiger partial charge in [0, 0.05) is 18.2 Å². The number of carbonyl (C=O) groups excluding carboxylic acids is 1. The zero-order chi connectivity index (χ0) is 11.3. The molecule has 0 spiro atoms. The van der Waals surface area contributed by atoms with Gasteiger partial charge in [-0.15, -0.1) is 0 Å². The van der Waals surface area contributed by atoms with E-state index in [0.717, 1.165) is 0 Å². The fraction of sp³-hybridized carbons (Fsp3) is 0.333. The maximum Gasteiger partial charge on any atom is 0.251 e. The molecule has 0 aliphatic heterocycles. The number of methoxy groups -OCH3 is 1. The number of pyridine rings is 1. The van der Waals surface area contributed by atoms with Crippen molar-refractivity contribution in [1.82, 2.24) is 10.3 Å².